The monoisotopic (exact) mass is 319 g/mol. The van der Waals surface area contributed by atoms with Gasteiger partial charge in [-0.05, 0) is 46.2 Å². The molecule has 1 unspecified atom stereocenters. The molecule has 23 heavy (non-hydrogen) atoms. The van der Waals surface area contributed by atoms with E-state index in [1.54, 1.807) is 20.8 Å². The Hall–Kier alpha value is -2.37. The molecule has 0 spiro atoms. The van der Waals surface area contributed by atoms with Crippen LogP contribution < -0.4 is 10.7 Å². The first-order chi connectivity index (χ1) is 10.8. The number of benzene rings is 1. The maximum Gasteiger partial charge on any atom is 0.314 e. The molecule has 6 nitrogen and oxygen atoms in total. The third-order valence-electron chi connectivity index (χ3n) is 3.45. The van der Waals surface area contributed by atoms with Crippen molar-refractivity contribution < 1.29 is 14.3 Å². The Kier molecular flexibility index (Phi) is 7.25. The van der Waals surface area contributed by atoms with Gasteiger partial charge in [0.15, 0.2) is 0 Å². The van der Waals surface area contributed by atoms with Crippen LogP contribution in [0.5, 0.6) is 0 Å². The molecular weight excluding hydrogens is 294 g/mol. The largest absolute Gasteiger partial charge is 0.465 e. The quantitative estimate of drug-likeness (QED) is 0.459. The van der Waals surface area contributed by atoms with Gasteiger partial charge < -0.3 is 10.1 Å². The molecule has 0 saturated carbocycles. The lowest BCUT2D eigenvalue weighted by molar-refractivity contribution is -0.145. The number of amides is 1. The highest BCUT2D eigenvalue weighted by Crippen LogP contribution is 2.15. The summed E-state index contributed by atoms with van der Waals surface area (Å²) in [5.74, 6) is -1.11. The molecule has 1 rings (SSSR count). The molecule has 0 heterocycles. The minimum Gasteiger partial charge on any atom is -0.465 e. The van der Waals surface area contributed by atoms with Crippen LogP contribution in [0.4, 0.5) is 5.69 Å². The van der Waals surface area contributed by atoms with E-state index >= 15 is 0 Å². The Balaban J connectivity index is 2.50. The van der Waals surface area contributed by atoms with Gasteiger partial charge in [0.2, 0.25) is 0 Å². The summed E-state index contributed by atoms with van der Waals surface area (Å²) in [5, 5.41) is 7.02. The van der Waals surface area contributed by atoms with Crippen molar-refractivity contribution in [2.75, 3.05) is 18.5 Å². The highest BCUT2D eigenvalue weighted by molar-refractivity contribution is 6.00. The summed E-state index contributed by atoms with van der Waals surface area (Å²) in [7, 11) is 0. The number of ether oxygens (including phenoxy) is 1. The van der Waals surface area contributed by atoms with Crippen LogP contribution in [-0.2, 0) is 14.3 Å². The number of carbonyl (C=O) groups is 2. The summed E-state index contributed by atoms with van der Waals surface area (Å²) in [6.07, 6.45) is 0. The van der Waals surface area contributed by atoms with Crippen molar-refractivity contribution in [3.8, 4) is 0 Å². The molecule has 0 aliphatic heterocycles. The van der Waals surface area contributed by atoms with Crippen LogP contribution in [0.2, 0.25) is 0 Å². The van der Waals surface area contributed by atoms with Crippen molar-refractivity contribution in [2.24, 2.45) is 11.0 Å². The van der Waals surface area contributed by atoms with Crippen LogP contribution in [0, 0.1) is 19.8 Å². The fourth-order valence-electron chi connectivity index (χ4n) is 1.91. The molecule has 1 amide bonds. The number of aryl methyl sites for hydroxylation is 2. The molecule has 6 heteroatoms. The summed E-state index contributed by atoms with van der Waals surface area (Å²) in [5.41, 5.74) is 6.10. The Morgan fingerprint density at radius 3 is 2.61 bits per heavy atom. The third-order valence-corrected chi connectivity index (χ3v) is 3.45. The lowest BCUT2D eigenvalue weighted by atomic mass is 10.1. The number of hydrazone groups is 1. The molecule has 1 aromatic carbocycles. The van der Waals surface area contributed by atoms with E-state index in [0.29, 0.717) is 12.3 Å². The zero-order valence-electron chi connectivity index (χ0n) is 14.4. The predicted molar refractivity (Wildman–Crippen MR) is 91.5 cm³/mol. The maximum atomic E-state index is 11.8. The van der Waals surface area contributed by atoms with Gasteiger partial charge >= 0.3 is 5.97 Å². The Morgan fingerprint density at radius 1 is 1.30 bits per heavy atom. The van der Waals surface area contributed by atoms with Gasteiger partial charge in [-0.15, -0.1) is 0 Å². The lowest BCUT2D eigenvalue weighted by Gasteiger charge is -2.11. The van der Waals surface area contributed by atoms with Crippen molar-refractivity contribution in [3.05, 3.63) is 29.3 Å². The topological polar surface area (TPSA) is 79.8 Å². The highest BCUT2D eigenvalue weighted by Gasteiger charge is 2.17. The SMILES string of the molecule is CCOC(=O)C(C)/C(C)=N/NC(=O)CNc1ccc(C)cc1C. The fourth-order valence-corrected chi connectivity index (χ4v) is 1.91. The standard InChI is InChI=1S/C17H25N3O3/c1-6-23-17(22)13(4)14(5)19-20-16(21)10-18-15-8-7-11(2)9-12(15)3/h7-9,13,18H,6,10H2,1-5H3,(H,20,21)/b19-14+. The van der Waals surface area contributed by atoms with Crippen molar-refractivity contribution in [1.29, 1.82) is 0 Å². The van der Waals surface area contributed by atoms with E-state index in [1.165, 1.54) is 5.56 Å². The van der Waals surface area contributed by atoms with E-state index < -0.39 is 5.92 Å². The average Bonchev–Trinajstić information content (AvgIpc) is 2.51. The minimum absolute atomic E-state index is 0.106. The zero-order chi connectivity index (χ0) is 17.4. The van der Waals surface area contributed by atoms with E-state index in [9.17, 15) is 9.59 Å². The molecule has 126 valence electrons. The van der Waals surface area contributed by atoms with Gasteiger partial charge in [-0.1, -0.05) is 17.7 Å². The summed E-state index contributed by atoms with van der Waals surface area (Å²) in [4.78, 5) is 23.4. The van der Waals surface area contributed by atoms with Gasteiger partial charge in [0.05, 0.1) is 19.1 Å². The van der Waals surface area contributed by atoms with Gasteiger partial charge in [0.1, 0.15) is 0 Å². The molecular formula is C17H25N3O3. The van der Waals surface area contributed by atoms with Gasteiger partial charge in [0, 0.05) is 11.4 Å². The Labute approximate surface area is 137 Å². The van der Waals surface area contributed by atoms with E-state index in [4.69, 9.17) is 4.74 Å². The first kappa shape index (κ1) is 18.7. The number of esters is 1. The first-order valence-corrected chi connectivity index (χ1v) is 7.66. The van der Waals surface area contributed by atoms with Gasteiger partial charge in [-0.2, -0.15) is 5.10 Å². The molecule has 1 aromatic rings. The summed E-state index contributed by atoms with van der Waals surface area (Å²) in [6.45, 7) is 9.55. The van der Waals surface area contributed by atoms with E-state index in [-0.39, 0.29) is 18.4 Å². The van der Waals surface area contributed by atoms with Crippen LogP contribution in [0.25, 0.3) is 0 Å². The second-order valence-corrected chi connectivity index (χ2v) is 5.43. The molecule has 0 aliphatic rings. The maximum absolute atomic E-state index is 11.8. The molecule has 0 saturated heterocycles. The van der Waals surface area contributed by atoms with E-state index in [0.717, 1.165) is 11.3 Å². The van der Waals surface area contributed by atoms with E-state index in [2.05, 4.69) is 15.8 Å². The molecule has 0 radical (unpaired) electrons. The van der Waals surface area contributed by atoms with Crippen molar-refractivity contribution in [1.82, 2.24) is 5.43 Å². The lowest BCUT2D eigenvalue weighted by Crippen LogP contribution is -2.29. The van der Waals surface area contributed by atoms with E-state index in [1.807, 2.05) is 32.0 Å². The van der Waals surface area contributed by atoms with Crippen LogP contribution in [-0.4, -0.2) is 30.7 Å². The van der Waals surface area contributed by atoms with Crippen LogP contribution >= 0.6 is 0 Å². The molecule has 0 bridgehead atoms. The number of rotatable bonds is 7. The van der Waals surface area contributed by atoms with Gasteiger partial charge in [-0.25, -0.2) is 5.43 Å². The molecule has 0 aliphatic carbocycles. The number of hydrogen-bond donors (Lipinski definition) is 2. The number of nitrogens with one attached hydrogen (secondary N) is 2. The highest BCUT2D eigenvalue weighted by atomic mass is 16.5. The summed E-state index contributed by atoms with van der Waals surface area (Å²) in [6, 6.07) is 5.97. The second kappa shape index (κ2) is 8.92. The normalized spacial score (nSPS) is 12.5. The Bertz CT molecular complexity index is 597. The average molecular weight is 319 g/mol. The smallest absolute Gasteiger partial charge is 0.314 e. The second-order valence-electron chi connectivity index (χ2n) is 5.43. The molecule has 0 aromatic heterocycles. The summed E-state index contributed by atoms with van der Waals surface area (Å²) >= 11 is 0. The number of anilines is 1. The number of hydrogen-bond acceptors (Lipinski definition) is 5. The number of carbonyl (C=O) groups excluding carboxylic acids is 2. The fraction of sp³-hybridized carbons (Fsp3) is 0.471. The number of nitrogens with zero attached hydrogens (tertiary/aromatic N) is 1. The summed E-state index contributed by atoms with van der Waals surface area (Å²) < 4.78 is 4.91. The van der Waals surface area contributed by atoms with Crippen molar-refractivity contribution >= 4 is 23.3 Å². The van der Waals surface area contributed by atoms with Crippen molar-refractivity contribution in [3.63, 3.8) is 0 Å². The Morgan fingerprint density at radius 2 is 2.00 bits per heavy atom. The molecule has 0 fully saturated rings. The zero-order valence-corrected chi connectivity index (χ0v) is 14.4. The molecule has 2 N–H and O–H groups in total. The molecule has 1 atom stereocenters. The van der Waals surface area contributed by atoms with Crippen LogP contribution in [0.15, 0.2) is 23.3 Å². The predicted octanol–water partition coefficient (Wildman–Crippen LogP) is 2.41. The van der Waals surface area contributed by atoms with Crippen LogP contribution in [0.3, 0.4) is 0 Å². The van der Waals surface area contributed by atoms with Crippen molar-refractivity contribution in [2.45, 2.75) is 34.6 Å². The minimum atomic E-state index is -0.484. The van der Waals surface area contributed by atoms with Gasteiger partial charge in [-0.3, -0.25) is 9.59 Å². The third kappa shape index (κ3) is 6.10. The van der Waals surface area contributed by atoms with Gasteiger partial charge in [0.25, 0.3) is 5.91 Å². The first-order valence-electron chi connectivity index (χ1n) is 7.66. The van der Waals surface area contributed by atoms with Crippen LogP contribution in [0.1, 0.15) is 31.9 Å².